The van der Waals surface area contributed by atoms with E-state index in [4.69, 9.17) is 14.2 Å². The molecule has 0 aliphatic rings. The smallest absolute Gasteiger partial charge is 0.333 e. The van der Waals surface area contributed by atoms with E-state index < -0.39 is 5.97 Å². The van der Waals surface area contributed by atoms with Crippen LogP contribution in [0, 0.1) is 0 Å². The van der Waals surface area contributed by atoms with Gasteiger partial charge in [0, 0.05) is 5.57 Å². The molecular formula is C34H34O4. The van der Waals surface area contributed by atoms with E-state index in [1.807, 2.05) is 24.3 Å². The van der Waals surface area contributed by atoms with Gasteiger partial charge >= 0.3 is 5.97 Å². The Hall–Kier alpha value is -4.31. The standard InChI is InChI=1S/C34H34O4/c1-5-6-30-15-16-31(23-33(30)36-4)29-13-11-26(12-14-29)25-7-9-27(10-8-25)28-17-19-32(20-18-28)37-21-22-38-34(35)24(2)3/h7-20,23H,2,5-6,21-22H2,1,3-4H3. The molecule has 0 fully saturated rings. The van der Waals surface area contributed by atoms with E-state index in [9.17, 15) is 4.79 Å². The Kier molecular flexibility index (Phi) is 8.99. The molecule has 0 unspecified atom stereocenters. The molecule has 0 atom stereocenters. The van der Waals surface area contributed by atoms with E-state index in [-0.39, 0.29) is 6.61 Å². The van der Waals surface area contributed by atoms with Crippen LogP contribution in [0.25, 0.3) is 33.4 Å². The molecule has 0 spiro atoms. The lowest BCUT2D eigenvalue weighted by atomic mass is 9.97. The maximum Gasteiger partial charge on any atom is 0.333 e. The zero-order valence-corrected chi connectivity index (χ0v) is 22.3. The first-order valence-electron chi connectivity index (χ1n) is 12.9. The normalized spacial score (nSPS) is 10.6. The molecule has 0 saturated heterocycles. The maximum absolute atomic E-state index is 11.4. The molecule has 0 aromatic heterocycles. The van der Waals surface area contributed by atoms with Gasteiger partial charge in [0.05, 0.1) is 7.11 Å². The van der Waals surface area contributed by atoms with Gasteiger partial charge in [-0.2, -0.15) is 0 Å². The minimum atomic E-state index is -0.402. The minimum absolute atomic E-state index is 0.190. The molecule has 4 nitrogen and oxygen atoms in total. The summed E-state index contributed by atoms with van der Waals surface area (Å²) in [6, 6.07) is 31.6. The van der Waals surface area contributed by atoms with E-state index in [1.54, 1.807) is 14.0 Å². The van der Waals surface area contributed by atoms with Crippen molar-refractivity contribution in [2.45, 2.75) is 26.7 Å². The zero-order chi connectivity index (χ0) is 26.9. The first kappa shape index (κ1) is 26.7. The fourth-order valence-electron chi connectivity index (χ4n) is 4.27. The summed E-state index contributed by atoms with van der Waals surface area (Å²) in [4.78, 5) is 11.4. The molecule has 0 bridgehead atoms. The van der Waals surface area contributed by atoms with Crippen LogP contribution in [-0.4, -0.2) is 26.3 Å². The van der Waals surface area contributed by atoms with Gasteiger partial charge in [-0.1, -0.05) is 92.7 Å². The van der Waals surface area contributed by atoms with E-state index in [2.05, 4.69) is 80.2 Å². The molecule has 0 saturated carbocycles. The van der Waals surface area contributed by atoms with Crippen molar-refractivity contribution in [3.63, 3.8) is 0 Å². The summed E-state index contributed by atoms with van der Waals surface area (Å²) in [7, 11) is 1.74. The lowest BCUT2D eigenvalue weighted by molar-refractivity contribution is -0.139. The third-order valence-electron chi connectivity index (χ3n) is 6.36. The summed E-state index contributed by atoms with van der Waals surface area (Å²) in [5, 5.41) is 0. The van der Waals surface area contributed by atoms with Gasteiger partial charge in [0.25, 0.3) is 0 Å². The third-order valence-corrected chi connectivity index (χ3v) is 6.36. The Morgan fingerprint density at radius 2 is 1.18 bits per heavy atom. The van der Waals surface area contributed by atoms with Crippen molar-refractivity contribution in [3.8, 4) is 44.9 Å². The Morgan fingerprint density at radius 1 is 0.711 bits per heavy atom. The topological polar surface area (TPSA) is 44.8 Å². The number of hydrogen-bond donors (Lipinski definition) is 0. The number of rotatable bonds is 11. The van der Waals surface area contributed by atoms with E-state index in [0.29, 0.717) is 12.2 Å². The van der Waals surface area contributed by atoms with E-state index in [0.717, 1.165) is 41.0 Å². The molecular weight excluding hydrogens is 472 g/mol. The molecule has 0 N–H and O–H groups in total. The van der Waals surface area contributed by atoms with Crippen molar-refractivity contribution < 1.29 is 19.0 Å². The van der Waals surface area contributed by atoms with Crippen molar-refractivity contribution in [1.82, 2.24) is 0 Å². The van der Waals surface area contributed by atoms with Crippen LogP contribution < -0.4 is 9.47 Å². The first-order chi connectivity index (χ1) is 18.5. The van der Waals surface area contributed by atoms with Crippen molar-refractivity contribution >= 4 is 5.97 Å². The number of methoxy groups -OCH3 is 1. The number of hydrogen-bond acceptors (Lipinski definition) is 4. The number of ether oxygens (including phenoxy) is 3. The molecule has 0 heterocycles. The van der Waals surface area contributed by atoms with Crippen LogP contribution >= 0.6 is 0 Å². The second kappa shape index (κ2) is 12.8. The molecule has 38 heavy (non-hydrogen) atoms. The Morgan fingerprint density at radius 3 is 1.66 bits per heavy atom. The van der Waals surface area contributed by atoms with Gasteiger partial charge in [-0.05, 0) is 70.5 Å². The van der Waals surface area contributed by atoms with Gasteiger partial charge < -0.3 is 14.2 Å². The molecule has 4 aromatic rings. The maximum atomic E-state index is 11.4. The van der Waals surface area contributed by atoms with Gasteiger partial charge in [-0.25, -0.2) is 4.79 Å². The van der Waals surface area contributed by atoms with Gasteiger partial charge in [0.2, 0.25) is 0 Å². The largest absolute Gasteiger partial charge is 0.496 e. The Bertz CT molecular complexity index is 1370. The molecule has 0 radical (unpaired) electrons. The molecule has 4 rings (SSSR count). The average Bonchev–Trinajstić information content (AvgIpc) is 2.96. The Labute approximate surface area is 225 Å². The molecule has 4 aromatic carbocycles. The first-order valence-corrected chi connectivity index (χ1v) is 12.9. The number of benzene rings is 4. The highest BCUT2D eigenvalue weighted by atomic mass is 16.6. The van der Waals surface area contributed by atoms with E-state index in [1.165, 1.54) is 22.3 Å². The minimum Gasteiger partial charge on any atom is -0.496 e. The monoisotopic (exact) mass is 506 g/mol. The fraction of sp³-hybridized carbons (Fsp3) is 0.206. The van der Waals surface area contributed by atoms with Gasteiger partial charge in [-0.3, -0.25) is 0 Å². The van der Waals surface area contributed by atoms with Crippen LogP contribution in [0.15, 0.2) is 103 Å². The SMILES string of the molecule is C=C(C)C(=O)OCCOc1ccc(-c2ccc(-c3ccc(-c4ccc(CCC)c(OC)c4)cc3)cc2)cc1. The van der Waals surface area contributed by atoms with Crippen LogP contribution in [-0.2, 0) is 16.0 Å². The average molecular weight is 507 g/mol. The molecule has 0 aliphatic carbocycles. The highest BCUT2D eigenvalue weighted by Crippen LogP contribution is 2.31. The second-order valence-electron chi connectivity index (χ2n) is 9.22. The van der Waals surface area contributed by atoms with Crippen LogP contribution in [0.1, 0.15) is 25.8 Å². The Balaban J connectivity index is 1.38. The predicted molar refractivity (Wildman–Crippen MR) is 155 cm³/mol. The molecule has 194 valence electrons. The van der Waals surface area contributed by atoms with Crippen LogP contribution in [0.4, 0.5) is 0 Å². The highest BCUT2D eigenvalue weighted by Gasteiger charge is 2.07. The third kappa shape index (κ3) is 6.71. The van der Waals surface area contributed by atoms with Crippen molar-refractivity contribution in [3.05, 3.63) is 109 Å². The molecule has 0 aliphatic heterocycles. The van der Waals surface area contributed by atoms with Crippen LogP contribution in [0.2, 0.25) is 0 Å². The summed E-state index contributed by atoms with van der Waals surface area (Å²) in [5.41, 5.74) is 8.53. The van der Waals surface area contributed by atoms with Gasteiger partial charge in [-0.15, -0.1) is 0 Å². The summed E-state index contributed by atoms with van der Waals surface area (Å²) in [5.74, 6) is 1.28. The lowest BCUT2D eigenvalue weighted by Gasteiger charge is -2.11. The lowest BCUT2D eigenvalue weighted by Crippen LogP contribution is -2.12. The second-order valence-corrected chi connectivity index (χ2v) is 9.22. The van der Waals surface area contributed by atoms with E-state index >= 15 is 0 Å². The highest BCUT2D eigenvalue weighted by molar-refractivity contribution is 5.86. The van der Waals surface area contributed by atoms with Crippen LogP contribution in [0.5, 0.6) is 11.5 Å². The summed E-state index contributed by atoms with van der Waals surface area (Å²) in [6.45, 7) is 7.85. The van der Waals surface area contributed by atoms with Crippen molar-refractivity contribution in [2.24, 2.45) is 0 Å². The summed E-state index contributed by atoms with van der Waals surface area (Å²) < 4.78 is 16.3. The summed E-state index contributed by atoms with van der Waals surface area (Å²) >= 11 is 0. The quantitative estimate of drug-likeness (QED) is 0.117. The number of esters is 1. The summed E-state index contributed by atoms with van der Waals surface area (Å²) in [6.07, 6.45) is 2.12. The number of carbonyl (C=O) groups excluding carboxylic acids is 1. The fourth-order valence-corrected chi connectivity index (χ4v) is 4.27. The van der Waals surface area contributed by atoms with Crippen LogP contribution in [0.3, 0.4) is 0 Å². The van der Waals surface area contributed by atoms with Crippen molar-refractivity contribution in [2.75, 3.05) is 20.3 Å². The predicted octanol–water partition coefficient (Wildman–Crippen LogP) is 8.15. The number of carbonyl (C=O) groups is 1. The van der Waals surface area contributed by atoms with Gasteiger partial charge in [0.15, 0.2) is 0 Å². The van der Waals surface area contributed by atoms with Crippen molar-refractivity contribution in [1.29, 1.82) is 0 Å². The molecule has 0 amide bonds. The van der Waals surface area contributed by atoms with Gasteiger partial charge in [0.1, 0.15) is 24.7 Å². The molecule has 4 heteroatoms. The zero-order valence-electron chi connectivity index (χ0n) is 22.3. The number of aryl methyl sites for hydroxylation is 1.